The molecule has 1 saturated heterocycles. The Bertz CT molecular complexity index is 854. The van der Waals surface area contributed by atoms with Gasteiger partial charge in [-0.2, -0.15) is 4.31 Å². The highest BCUT2D eigenvalue weighted by Gasteiger charge is 2.38. The molecule has 1 atom stereocenters. The molecule has 3 rings (SSSR count). The minimum Gasteiger partial charge on any atom is -0.207 e. The summed E-state index contributed by atoms with van der Waals surface area (Å²) in [6.07, 6.45) is 1.64. The van der Waals surface area contributed by atoms with Crippen LogP contribution >= 0.6 is 11.6 Å². The molecule has 0 saturated carbocycles. The van der Waals surface area contributed by atoms with Gasteiger partial charge in [0.15, 0.2) is 0 Å². The Morgan fingerprint density at radius 2 is 1.71 bits per heavy atom. The van der Waals surface area contributed by atoms with Gasteiger partial charge >= 0.3 is 0 Å². The van der Waals surface area contributed by atoms with E-state index >= 15 is 0 Å². The van der Waals surface area contributed by atoms with E-state index in [0.29, 0.717) is 16.5 Å². The summed E-state index contributed by atoms with van der Waals surface area (Å²) in [4.78, 5) is 0.437. The maximum Gasteiger partial charge on any atom is 0.244 e. The Balaban J connectivity index is 2.09. The van der Waals surface area contributed by atoms with Crippen molar-refractivity contribution in [2.45, 2.75) is 44.6 Å². The molecule has 1 aliphatic rings. The first-order valence-corrected chi connectivity index (χ1v) is 9.98. The summed E-state index contributed by atoms with van der Waals surface area (Å²) in [5.74, 6) is 0. The highest BCUT2D eigenvalue weighted by Crippen LogP contribution is 2.40. The number of rotatable bonds is 3. The molecule has 1 heterocycles. The lowest BCUT2D eigenvalue weighted by atomic mass is 10.1. The smallest absolute Gasteiger partial charge is 0.207 e. The highest BCUT2D eigenvalue weighted by atomic mass is 35.5. The van der Waals surface area contributed by atoms with Crippen LogP contribution in [-0.2, 0) is 10.0 Å². The third-order valence-electron chi connectivity index (χ3n) is 4.64. The van der Waals surface area contributed by atoms with Crippen LogP contribution in [0.1, 0.15) is 41.1 Å². The molecule has 0 aromatic heterocycles. The molecule has 0 amide bonds. The highest BCUT2D eigenvalue weighted by molar-refractivity contribution is 7.89. The summed E-state index contributed by atoms with van der Waals surface area (Å²) in [5, 5.41) is 0.627. The van der Waals surface area contributed by atoms with Crippen LogP contribution in [0.3, 0.4) is 0 Å². The molecule has 3 nitrogen and oxygen atoms in total. The van der Waals surface area contributed by atoms with E-state index in [4.69, 9.17) is 11.6 Å². The Kier molecular flexibility index (Phi) is 4.73. The normalized spacial score (nSPS) is 18.9. The van der Waals surface area contributed by atoms with Gasteiger partial charge in [0.05, 0.1) is 10.9 Å². The van der Waals surface area contributed by atoms with E-state index in [0.717, 1.165) is 35.1 Å². The molecule has 1 unspecified atom stereocenters. The van der Waals surface area contributed by atoms with Crippen molar-refractivity contribution in [3.05, 3.63) is 63.7 Å². The van der Waals surface area contributed by atoms with E-state index in [-0.39, 0.29) is 6.04 Å². The summed E-state index contributed by atoms with van der Waals surface area (Å²) in [7, 11) is -3.56. The van der Waals surface area contributed by atoms with Gasteiger partial charge in [0.25, 0.3) is 0 Å². The summed E-state index contributed by atoms with van der Waals surface area (Å²) in [6, 6.07) is 11.2. The van der Waals surface area contributed by atoms with Crippen molar-refractivity contribution < 1.29 is 8.42 Å². The second kappa shape index (κ2) is 6.51. The van der Waals surface area contributed by atoms with Crippen LogP contribution in [0, 0.1) is 20.8 Å². The fraction of sp³-hybridized carbons (Fsp3) is 0.368. The molecular formula is C19H22ClNO2S. The number of aryl methyl sites for hydroxylation is 3. The first-order chi connectivity index (χ1) is 11.3. The number of benzene rings is 2. The van der Waals surface area contributed by atoms with Crippen molar-refractivity contribution in [3.63, 3.8) is 0 Å². The summed E-state index contributed by atoms with van der Waals surface area (Å²) in [5.41, 5.74) is 3.57. The molecule has 5 heteroatoms. The van der Waals surface area contributed by atoms with Crippen LogP contribution in [0.15, 0.2) is 41.3 Å². The minimum atomic E-state index is -3.56. The van der Waals surface area contributed by atoms with Gasteiger partial charge in [-0.3, -0.25) is 0 Å². The largest absolute Gasteiger partial charge is 0.244 e. The zero-order valence-corrected chi connectivity index (χ0v) is 15.8. The third kappa shape index (κ3) is 2.99. The van der Waals surface area contributed by atoms with Crippen LogP contribution in [0.2, 0.25) is 5.02 Å². The minimum absolute atomic E-state index is 0.191. The van der Waals surface area contributed by atoms with Crippen molar-refractivity contribution in [1.29, 1.82) is 0 Å². The molecule has 0 aliphatic carbocycles. The zero-order valence-electron chi connectivity index (χ0n) is 14.2. The van der Waals surface area contributed by atoms with Crippen molar-refractivity contribution in [1.82, 2.24) is 4.31 Å². The lowest BCUT2D eigenvalue weighted by Gasteiger charge is -2.26. The van der Waals surface area contributed by atoms with E-state index in [1.54, 1.807) is 4.31 Å². The lowest BCUT2D eigenvalue weighted by molar-refractivity contribution is 0.396. The standard InChI is InChI=1S/C19H22ClNO2S/c1-13-11-14(2)19(15(3)12-13)24(22,23)21-10-6-9-18(21)16-7-4-5-8-17(16)20/h4-5,7-8,11-12,18H,6,9-10H2,1-3H3. The summed E-state index contributed by atoms with van der Waals surface area (Å²) >= 11 is 6.33. The van der Waals surface area contributed by atoms with Crippen molar-refractivity contribution in [2.24, 2.45) is 0 Å². The predicted octanol–water partition coefficient (Wildman–Crippen LogP) is 4.79. The quantitative estimate of drug-likeness (QED) is 0.786. The molecule has 0 N–H and O–H groups in total. The Hall–Kier alpha value is -1.36. The first-order valence-electron chi connectivity index (χ1n) is 8.16. The van der Waals surface area contributed by atoms with E-state index in [9.17, 15) is 8.42 Å². The molecule has 0 spiro atoms. The molecule has 24 heavy (non-hydrogen) atoms. The van der Waals surface area contributed by atoms with E-state index < -0.39 is 10.0 Å². The van der Waals surface area contributed by atoms with Gasteiger partial charge < -0.3 is 0 Å². The van der Waals surface area contributed by atoms with Crippen LogP contribution in [0.25, 0.3) is 0 Å². The number of hydrogen-bond donors (Lipinski definition) is 0. The molecule has 0 radical (unpaired) electrons. The molecule has 1 fully saturated rings. The molecule has 2 aromatic carbocycles. The number of sulfonamides is 1. The van der Waals surface area contributed by atoms with Gasteiger partial charge in [-0.15, -0.1) is 0 Å². The number of halogens is 1. The fourth-order valence-corrected chi connectivity index (χ4v) is 6.13. The van der Waals surface area contributed by atoms with Crippen molar-refractivity contribution >= 4 is 21.6 Å². The van der Waals surface area contributed by atoms with E-state index in [1.807, 2.05) is 57.2 Å². The molecule has 1 aliphatic heterocycles. The third-order valence-corrected chi connectivity index (χ3v) is 7.20. The monoisotopic (exact) mass is 363 g/mol. The Labute approximate surface area is 149 Å². The van der Waals surface area contributed by atoms with Gasteiger partial charge in [-0.25, -0.2) is 8.42 Å². The SMILES string of the molecule is Cc1cc(C)c(S(=O)(=O)N2CCCC2c2ccccc2Cl)c(C)c1. The van der Waals surface area contributed by atoms with Gasteiger partial charge in [-0.1, -0.05) is 47.5 Å². The number of hydrogen-bond acceptors (Lipinski definition) is 2. The topological polar surface area (TPSA) is 37.4 Å². The van der Waals surface area contributed by atoms with Crippen LogP contribution in [0.5, 0.6) is 0 Å². The van der Waals surface area contributed by atoms with Crippen LogP contribution in [-0.4, -0.2) is 19.3 Å². The van der Waals surface area contributed by atoms with Crippen LogP contribution < -0.4 is 0 Å². The average molecular weight is 364 g/mol. The number of nitrogens with zero attached hydrogens (tertiary/aromatic N) is 1. The van der Waals surface area contributed by atoms with E-state index in [1.165, 1.54) is 0 Å². The van der Waals surface area contributed by atoms with Crippen molar-refractivity contribution in [2.75, 3.05) is 6.54 Å². The fourth-order valence-electron chi connectivity index (χ4n) is 3.77. The van der Waals surface area contributed by atoms with Gasteiger partial charge in [0.2, 0.25) is 10.0 Å². The zero-order chi connectivity index (χ0) is 17.5. The first kappa shape index (κ1) is 17.5. The van der Waals surface area contributed by atoms with Gasteiger partial charge in [0, 0.05) is 11.6 Å². The summed E-state index contributed by atoms with van der Waals surface area (Å²) in [6.45, 7) is 6.25. The molecule has 2 aromatic rings. The second-order valence-corrected chi connectivity index (χ2v) is 8.76. The van der Waals surface area contributed by atoms with E-state index in [2.05, 4.69) is 0 Å². The van der Waals surface area contributed by atoms with Crippen molar-refractivity contribution in [3.8, 4) is 0 Å². The summed E-state index contributed by atoms with van der Waals surface area (Å²) < 4.78 is 28.4. The lowest BCUT2D eigenvalue weighted by Crippen LogP contribution is -2.31. The second-order valence-electron chi connectivity index (χ2n) is 6.52. The molecule has 128 valence electrons. The van der Waals surface area contributed by atoms with Gasteiger partial charge in [0.1, 0.15) is 0 Å². The Morgan fingerprint density at radius 1 is 1.08 bits per heavy atom. The van der Waals surface area contributed by atoms with Gasteiger partial charge in [-0.05, 0) is 56.4 Å². The maximum atomic E-state index is 13.4. The maximum absolute atomic E-state index is 13.4. The average Bonchev–Trinajstić information content (AvgIpc) is 2.96. The molecule has 0 bridgehead atoms. The molecular weight excluding hydrogens is 342 g/mol. The Morgan fingerprint density at radius 3 is 2.33 bits per heavy atom. The van der Waals surface area contributed by atoms with Crippen LogP contribution in [0.4, 0.5) is 0 Å². The predicted molar refractivity (Wildman–Crippen MR) is 98.0 cm³/mol.